The highest BCUT2D eigenvalue weighted by Crippen LogP contribution is 2.51. The van der Waals surface area contributed by atoms with Gasteiger partial charge in [-0.05, 0) is 104 Å². The number of para-hydroxylation sites is 4. The van der Waals surface area contributed by atoms with E-state index in [-0.39, 0.29) is 15.7 Å². The fourth-order valence-corrected chi connectivity index (χ4v) is 9.43. The molecule has 2 amide bonds. The number of rotatable bonds is 8. The zero-order chi connectivity index (χ0) is 33.8. The maximum absolute atomic E-state index is 15.4. The van der Waals surface area contributed by atoms with Gasteiger partial charge in [-0.3, -0.25) is 19.4 Å². The Bertz CT molecular complexity index is 1950. The van der Waals surface area contributed by atoms with Crippen molar-refractivity contribution in [3.63, 3.8) is 0 Å². The van der Waals surface area contributed by atoms with E-state index in [1.54, 1.807) is 24.3 Å². The van der Waals surface area contributed by atoms with Gasteiger partial charge in [0.25, 0.3) is 11.8 Å². The third-order valence-corrected chi connectivity index (χ3v) is 11.6. The number of amides is 2. The first-order valence-corrected chi connectivity index (χ1v) is 18.8. The molecule has 0 spiro atoms. The first-order chi connectivity index (χ1) is 24.0. The molecule has 4 aromatic carbocycles. The largest absolute Gasteiger partial charge is 0.276 e. The van der Waals surface area contributed by atoms with E-state index in [0.717, 1.165) is 56.9 Å². The molecule has 0 N–H and O–H groups in total. The van der Waals surface area contributed by atoms with Crippen molar-refractivity contribution in [2.45, 2.75) is 57.8 Å². The number of anilines is 4. The Hall–Kier alpha value is -5.01. The van der Waals surface area contributed by atoms with Crippen molar-refractivity contribution in [1.82, 2.24) is 0 Å². The summed E-state index contributed by atoms with van der Waals surface area (Å²) < 4.78 is 30.8. The number of hydrogen-bond acceptors (Lipinski definition) is 4. The van der Waals surface area contributed by atoms with Crippen LogP contribution in [0.25, 0.3) is 0 Å². The molecule has 4 aromatic rings. The summed E-state index contributed by atoms with van der Waals surface area (Å²) in [5.41, 5.74) is 4.04. The Morgan fingerprint density at radius 1 is 0.531 bits per heavy atom. The second-order valence-electron chi connectivity index (χ2n) is 12.9. The summed E-state index contributed by atoms with van der Waals surface area (Å²) >= 11 is 0. The van der Waals surface area contributed by atoms with Crippen molar-refractivity contribution in [2.75, 3.05) is 9.80 Å². The van der Waals surface area contributed by atoms with Crippen LogP contribution in [-0.4, -0.2) is 20.2 Å². The number of carbonyl (C=O) groups is 2. The van der Waals surface area contributed by atoms with Gasteiger partial charge in [0.2, 0.25) is 9.84 Å². The molecule has 0 bridgehead atoms. The van der Waals surface area contributed by atoms with Crippen LogP contribution in [0.3, 0.4) is 0 Å². The van der Waals surface area contributed by atoms with E-state index in [0.29, 0.717) is 40.3 Å². The van der Waals surface area contributed by atoms with Crippen LogP contribution in [0.2, 0.25) is 0 Å². The Kier molecular flexibility index (Phi) is 9.45. The van der Waals surface area contributed by atoms with E-state index in [4.69, 9.17) is 0 Å². The first-order valence-electron chi connectivity index (χ1n) is 17.3. The maximum Gasteiger partial charge on any atom is 0.275 e. The number of nitrogens with zero attached hydrogens (tertiary/aromatic N) is 2. The van der Waals surface area contributed by atoms with Crippen molar-refractivity contribution < 1.29 is 18.0 Å². The lowest BCUT2D eigenvalue weighted by Gasteiger charge is -2.29. The Labute approximate surface area is 289 Å². The minimum Gasteiger partial charge on any atom is -0.276 e. The van der Waals surface area contributed by atoms with E-state index in [9.17, 15) is 0 Å². The predicted octanol–water partition coefficient (Wildman–Crippen LogP) is 9.73. The molecule has 1 fully saturated rings. The zero-order valence-corrected chi connectivity index (χ0v) is 28.3. The van der Waals surface area contributed by atoms with Crippen LogP contribution in [-0.2, 0) is 19.4 Å². The molecule has 1 aliphatic heterocycles. The molecule has 1 saturated carbocycles. The molecule has 7 rings (SSSR count). The number of sulfone groups is 1. The third kappa shape index (κ3) is 6.31. The second kappa shape index (κ2) is 14.2. The summed E-state index contributed by atoms with van der Waals surface area (Å²) in [5, 5.41) is 0. The molecule has 248 valence electrons. The number of allylic oxidation sites excluding steroid dienone is 4. The van der Waals surface area contributed by atoms with Crippen LogP contribution in [0, 0.1) is 5.92 Å². The fraction of sp³-hybridized carbons (Fsp3) is 0.238. The quantitative estimate of drug-likeness (QED) is 0.187. The number of carbonyl (C=O) groups excluding carboxylic acids is 2. The fourth-order valence-electron chi connectivity index (χ4n) is 7.51. The van der Waals surface area contributed by atoms with Crippen molar-refractivity contribution >= 4 is 44.4 Å². The molecule has 0 aromatic heterocycles. The first kappa shape index (κ1) is 32.5. The maximum atomic E-state index is 15.4. The molecule has 3 aliphatic rings. The summed E-state index contributed by atoms with van der Waals surface area (Å²) in [6, 6.07) is 36.6. The Morgan fingerprint density at radius 2 is 0.959 bits per heavy atom. The molecule has 0 atom stereocenters. The topological polar surface area (TPSA) is 74.8 Å². The van der Waals surface area contributed by atoms with Gasteiger partial charge in [-0.2, -0.15) is 0 Å². The molecule has 6 nitrogen and oxygen atoms in total. The average Bonchev–Trinajstić information content (AvgIpc) is 3.41. The highest BCUT2D eigenvalue weighted by atomic mass is 32.2. The highest BCUT2D eigenvalue weighted by molar-refractivity contribution is 8.01. The number of hydrogen-bond donors (Lipinski definition) is 0. The average molecular weight is 669 g/mol. The normalized spacial score (nSPS) is 17.8. The van der Waals surface area contributed by atoms with E-state index in [1.807, 2.05) is 97.1 Å². The lowest BCUT2D eigenvalue weighted by atomic mass is 9.77. The summed E-state index contributed by atoms with van der Waals surface area (Å²) in [6.45, 7) is 0. The molecular formula is C42H40N2O4S. The van der Waals surface area contributed by atoms with Crippen LogP contribution in [0.5, 0.6) is 0 Å². The monoisotopic (exact) mass is 668 g/mol. The van der Waals surface area contributed by atoms with Gasteiger partial charge < -0.3 is 0 Å². The second-order valence-corrected chi connectivity index (χ2v) is 14.7. The van der Waals surface area contributed by atoms with Crippen molar-refractivity contribution in [1.29, 1.82) is 0 Å². The summed E-state index contributed by atoms with van der Waals surface area (Å²) in [7, 11) is -4.61. The van der Waals surface area contributed by atoms with Gasteiger partial charge in [0.15, 0.2) is 0 Å². The van der Waals surface area contributed by atoms with Crippen LogP contribution in [0.15, 0.2) is 154 Å². The van der Waals surface area contributed by atoms with Crippen LogP contribution >= 0.6 is 0 Å². The van der Waals surface area contributed by atoms with Gasteiger partial charge >= 0.3 is 0 Å². The highest BCUT2D eigenvalue weighted by Gasteiger charge is 2.50. The summed E-state index contributed by atoms with van der Waals surface area (Å²) in [5.74, 6) is -1.46. The molecular weight excluding hydrogens is 629 g/mol. The lowest BCUT2D eigenvalue weighted by molar-refractivity contribution is -0.114. The molecule has 49 heavy (non-hydrogen) atoms. The van der Waals surface area contributed by atoms with E-state index in [2.05, 4.69) is 6.08 Å². The molecule has 2 aliphatic carbocycles. The standard InChI is InChI=1S/C42H40N2O4S/c45-41(43(33-23-11-3-12-24-33)34-25-13-4-14-26-34)39-37(31-19-7-1-8-20-31)38(32-21-9-2-10-22-32)40(49(39,47)48)42(46)44(35-27-15-5-16-28-35)36-29-17-6-18-30-36/h3-6,11-19,23-30,32H,1-2,7-10,20-22H2. The van der Waals surface area contributed by atoms with Gasteiger partial charge in [0, 0.05) is 28.3 Å². The zero-order valence-electron chi connectivity index (χ0n) is 27.5. The molecule has 7 heteroatoms. The minimum atomic E-state index is -4.61. The SMILES string of the molecule is O=C(C1=C(C2=CCCCC2)C(C2CCCCC2)=C(C(=O)N(c2ccccc2)c2ccccc2)S1(=O)=O)N(c1ccccc1)c1ccccc1. The molecule has 0 saturated heterocycles. The van der Waals surface area contributed by atoms with E-state index >= 15 is 18.0 Å². The summed E-state index contributed by atoms with van der Waals surface area (Å²) in [4.78, 5) is 32.9. The van der Waals surface area contributed by atoms with E-state index < -0.39 is 21.7 Å². The van der Waals surface area contributed by atoms with Crippen LogP contribution < -0.4 is 9.80 Å². The van der Waals surface area contributed by atoms with Crippen molar-refractivity contribution in [2.24, 2.45) is 5.92 Å². The molecule has 1 heterocycles. The van der Waals surface area contributed by atoms with Gasteiger partial charge in [-0.15, -0.1) is 0 Å². The van der Waals surface area contributed by atoms with Crippen molar-refractivity contribution in [3.8, 4) is 0 Å². The Morgan fingerprint density at radius 3 is 1.37 bits per heavy atom. The Balaban J connectivity index is 1.49. The van der Waals surface area contributed by atoms with Gasteiger partial charge in [-0.25, -0.2) is 8.42 Å². The van der Waals surface area contributed by atoms with Gasteiger partial charge in [0.1, 0.15) is 9.81 Å². The predicted molar refractivity (Wildman–Crippen MR) is 196 cm³/mol. The smallest absolute Gasteiger partial charge is 0.275 e. The molecule has 0 radical (unpaired) electrons. The third-order valence-electron chi connectivity index (χ3n) is 9.76. The molecule has 0 unspecified atom stereocenters. The van der Waals surface area contributed by atoms with E-state index in [1.165, 1.54) is 9.80 Å². The lowest BCUT2D eigenvalue weighted by Crippen LogP contribution is -2.34. The van der Waals surface area contributed by atoms with Gasteiger partial charge in [0.05, 0.1) is 0 Å². The van der Waals surface area contributed by atoms with Crippen LogP contribution in [0.4, 0.5) is 22.7 Å². The minimum absolute atomic E-state index is 0.166. The number of benzene rings is 4. The van der Waals surface area contributed by atoms with Gasteiger partial charge in [-0.1, -0.05) is 98.1 Å². The van der Waals surface area contributed by atoms with Crippen molar-refractivity contribution in [3.05, 3.63) is 154 Å². The summed E-state index contributed by atoms with van der Waals surface area (Å²) in [6.07, 6.45) is 9.88. The van der Waals surface area contributed by atoms with Crippen LogP contribution in [0.1, 0.15) is 57.8 Å².